The van der Waals surface area contributed by atoms with Crippen LogP contribution in [0.1, 0.15) is 52.4 Å². The van der Waals surface area contributed by atoms with Crippen LogP contribution in [0, 0.1) is 5.41 Å². The predicted octanol–water partition coefficient (Wildman–Crippen LogP) is 3.61. The molecule has 0 aromatic rings. The Morgan fingerprint density at radius 1 is 1.22 bits per heavy atom. The lowest BCUT2D eigenvalue weighted by Gasteiger charge is -2.38. The van der Waals surface area contributed by atoms with E-state index in [1.54, 1.807) is 7.11 Å². The number of ether oxygens (including phenoxy) is 1. The fraction of sp³-hybridized carbons (Fsp3) is 1.00. The van der Waals surface area contributed by atoms with Crippen LogP contribution < -0.4 is 0 Å². The van der Waals surface area contributed by atoms with E-state index in [9.17, 15) is 0 Å². The van der Waals surface area contributed by atoms with Gasteiger partial charge in [-0.3, -0.25) is 4.90 Å². The Hall–Kier alpha value is 0.270. The van der Waals surface area contributed by atoms with Gasteiger partial charge in [0.1, 0.15) is 0 Å². The Kier molecular flexibility index (Phi) is 7.66. The number of thiol groups is 1. The van der Waals surface area contributed by atoms with Gasteiger partial charge < -0.3 is 4.74 Å². The van der Waals surface area contributed by atoms with Crippen LogP contribution in [0.5, 0.6) is 0 Å². The first-order valence-corrected chi connectivity index (χ1v) is 8.18. The molecule has 1 rings (SSSR count). The van der Waals surface area contributed by atoms with Crippen LogP contribution in [0.15, 0.2) is 0 Å². The summed E-state index contributed by atoms with van der Waals surface area (Å²) in [5.41, 5.74) is 0.420. The van der Waals surface area contributed by atoms with E-state index in [1.807, 2.05) is 0 Å². The van der Waals surface area contributed by atoms with E-state index >= 15 is 0 Å². The van der Waals surface area contributed by atoms with Crippen molar-refractivity contribution in [1.29, 1.82) is 0 Å². The van der Waals surface area contributed by atoms with Crippen molar-refractivity contribution in [3.05, 3.63) is 0 Å². The number of nitrogens with zero attached hydrogens (tertiary/aromatic N) is 1. The van der Waals surface area contributed by atoms with Crippen LogP contribution in [-0.4, -0.2) is 43.5 Å². The summed E-state index contributed by atoms with van der Waals surface area (Å²) in [5.74, 6) is 1.02. The van der Waals surface area contributed by atoms with E-state index in [4.69, 9.17) is 4.74 Å². The monoisotopic (exact) mass is 273 g/mol. The molecule has 0 aliphatic heterocycles. The summed E-state index contributed by atoms with van der Waals surface area (Å²) >= 11 is 4.67. The van der Waals surface area contributed by atoms with Gasteiger partial charge in [0.2, 0.25) is 0 Å². The summed E-state index contributed by atoms with van der Waals surface area (Å²) in [6, 6.07) is 0.827. The number of rotatable bonds is 11. The molecule has 2 nitrogen and oxygen atoms in total. The molecule has 0 atom stereocenters. The summed E-state index contributed by atoms with van der Waals surface area (Å²) in [6.07, 6.45) is 7.91. The van der Waals surface area contributed by atoms with E-state index < -0.39 is 0 Å². The molecular weight excluding hydrogens is 242 g/mol. The first kappa shape index (κ1) is 16.3. The minimum absolute atomic E-state index is 0.420. The molecule has 1 saturated carbocycles. The zero-order valence-corrected chi connectivity index (χ0v) is 13.3. The van der Waals surface area contributed by atoms with E-state index in [-0.39, 0.29) is 0 Å². The van der Waals surface area contributed by atoms with Gasteiger partial charge in [0.15, 0.2) is 0 Å². The second kappa shape index (κ2) is 8.44. The smallest absolute Gasteiger partial charge is 0.0589 e. The molecule has 1 aliphatic rings. The van der Waals surface area contributed by atoms with Crippen LogP contribution in [0.2, 0.25) is 0 Å². The maximum Gasteiger partial charge on any atom is 0.0589 e. The highest BCUT2D eigenvalue weighted by atomic mass is 32.1. The highest BCUT2D eigenvalue weighted by Gasteiger charge is 2.35. The third-order valence-corrected chi connectivity index (χ3v) is 4.75. The van der Waals surface area contributed by atoms with Gasteiger partial charge in [-0.1, -0.05) is 26.7 Å². The van der Waals surface area contributed by atoms with Gasteiger partial charge in [0.05, 0.1) is 6.61 Å². The largest absolute Gasteiger partial charge is 0.383 e. The van der Waals surface area contributed by atoms with E-state index in [2.05, 4.69) is 31.4 Å². The van der Waals surface area contributed by atoms with Gasteiger partial charge in [0, 0.05) is 26.2 Å². The summed E-state index contributed by atoms with van der Waals surface area (Å²) < 4.78 is 5.26. The molecule has 1 fully saturated rings. The van der Waals surface area contributed by atoms with E-state index in [0.29, 0.717) is 5.41 Å². The molecule has 0 unspecified atom stereocenters. The van der Waals surface area contributed by atoms with Crippen molar-refractivity contribution < 1.29 is 4.74 Å². The van der Waals surface area contributed by atoms with Crippen LogP contribution in [-0.2, 0) is 4.74 Å². The Morgan fingerprint density at radius 3 is 2.22 bits per heavy atom. The molecule has 0 radical (unpaired) electrons. The van der Waals surface area contributed by atoms with Gasteiger partial charge in [-0.25, -0.2) is 0 Å². The van der Waals surface area contributed by atoms with Crippen LogP contribution in [0.4, 0.5) is 0 Å². The molecular formula is C15H31NOS. The molecule has 0 saturated heterocycles. The van der Waals surface area contributed by atoms with Crippen LogP contribution in [0.3, 0.4) is 0 Å². The van der Waals surface area contributed by atoms with Crippen molar-refractivity contribution in [1.82, 2.24) is 4.90 Å². The van der Waals surface area contributed by atoms with Gasteiger partial charge in [0.25, 0.3) is 0 Å². The molecule has 3 heteroatoms. The zero-order valence-electron chi connectivity index (χ0n) is 12.5. The number of hydrogen-bond donors (Lipinski definition) is 1. The Morgan fingerprint density at radius 2 is 1.83 bits per heavy atom. The second-order valence-electron chi connectivity index (χ2n) is 5.85. The maximum absolute atomic E-state index is 5.26. The molecule has 1 aliphatic carbocycles. The summed E-state index contributed by atoms with van der Waals surface area (Å²) in [7, 11) is 1.80. The van der Waals surface area contributed by atoms with Gasteiger partial charge in [-0.15, -0.1) is 0 Å². The highest BCUT2D eigenvalue weighted by Crippen LogP contribution is 2.36. The first-order valence-electron chi connectivity index (χ1n) is 7.55. The molecule has 0 aromatic carbocycles. The molecule has 0 spiro atoms. The Labute approximate surface area is 119 Å². The topological polar surface area (TPSA) is 12.5 Å². The minimum atomic E-state index is 0.420. The van der Waals surface area contributed by atoms with Gasteiger partial charge >= 0.3 is 0 Å². The van der Waals surface area contributed by atoms with Crippen molar-refractivity contribution in [3.8, 4) is 0 Å². The van der Waals surface area contributed by atoms with Crippen LogP contribution >= 0.6 is 12.6 Å². The number of methoxy groups -OCH3 is 1. The van der Waals surface area contributed by atoms with Gasteiger partial charge in [-0.2, -0.15) is 12.6 Å². The Bertz CT molecular complexity index is 213. The second-order valence-corrected chi connectivity index (χ2v) is 6.17. The fourth-order valence-corrected chi connectivity index (χ4v) is 3.44. The maximum atomic E-state index is 5.26. The average Bonchev–Trinajstić information content (AvgIpc) is 3.19. The average molecular weight is 273 g/mol. The van der Waals surface area contributed by atoms with Gasteiger partial charge in [-0.05, 0) is 36.9 Å². The molecule has 108 valence electrons. The lowest BCUT2D eigenvalue weighted by atomic mass is 9.80. The van der Waals surface area contributed by atoms with E-state index in [1.165, 1.54) is 45.1 Å². The molecule has 0 aromatic heterocycles. The molecule has 18 heavy (non-hydrogen) atoms. The number of hydrogen-bond acceptors (Lipinski definition) is 3. The predicted molar refractivity (Wildman–Crippen MR) is 82.6 cm³/mol. The Balaban J connectivity index is 2.58. The van der Waals surface area contributed by atoms with Crippen molar-refractivity contribution in [2.45, 2.75) is 58.4 Å². The lowest BCUT2D eigenvalue weighted by Crippen LogP contribution is -2.42. The lowest BCUT2D eigenvalue weighted by molar-refractivity contribution is 0.0989. The highest BCUT2D eigenvalue weighted by molar-refractivity contribution is 7.80. The van der Waals surface area contributed by atoms with Crippen LogP contribution in [0.25, 0.3) is 0 Å². The molecule has 0 bridgehead atoms. The van der Waals surface area contributed by atoms with E-state index in [0.717, 1.165) is 24.9 Å². The summed E-state index contributed by atoms with van der Waals surface area (Å²) in [4.78, 5) is 2.66. The normalized spacial score (nSPS) is 16.5. The molecule has 0 amide bonds. The van der Waals surface area contributed by atoms with Crippen molar-refractivity contribution >= 4 is 12.6 Å². The molecule has 0 N–H and O–H groups in total. The van der Waals surface area contributed by atoms with Crippen molar-refractivity contribution in [3.63, 3.8) is 0 Å². The standard InChI is InChI=1S/C15H31NOS/c1-4-8-15(13-18,9-5-2)12-16(10-11-17-3)14-6-7-14/h14,18H,4-13H2,1-3H3. The third kappa shape index (κ3) is 5.10. The zero-order chi connectivity index (χ0) is 13.4. The summed E-state index contributed by atoms with van der Waals surface area (Å²) in [6.45, 7) is 7.75. The minimum Gasteiger partial charge on any atom is -0.383 e. The summed E-state index contributed by atoms with van der Waals surface area (Å²) in [5, 5.41) is 0. The van der Waals surface area contributed by atoms with Crippen molar-refractivity contribution in [2.24, 2.45) is 5.41 Å². The SMILES string of the molecule is CCCC(CS)(CCC)CN(CCOC)C1CC1. The molecule has 0 heterocycles. The van der Waals surface area contributed by atoms with Crippen molar-refractivity contribution in [2.75, 3.05) is 32.6 Å². The third-order valence-electron chi connectivity index (χ3n) is 4.08. The quantitative estimate of drug-likeness (QED) is 0.577. The fourth-order valence-electron chi connectivity index (χ4n) is 3.02. The first-order chi connectivity index (χ1) is 8.71.